The third kappa shape index (κ3) is 2.57. The minimum Gasteiger partial charge on any atom is -0.273 e. The molecule has 0 aliphatic carbocycles. The molecule has 2 aromatic carbocycles. The van der Waals surface area contributed by atoms with E-state index in [0.717, 1.165) is 11.3 Å². The highest BCUT2D eigenvalue weighted by Gasteiger charge is 2.32. The first-order valence-corrected chi connectivity index (χ1v) is 6.84. The van der Waals surface area contributed by atoms with Gasteiger partial charge in [0.25, 0.3) is 0 Å². The van der Waals surface area contributed by atoms with Crippen LogP contribution in [0.25, 0.3) is 0 Å². The fourth-order valence-electron chi connectivity index (χ4n) is 2.59. The van der Waals surface area contributed by atoms with Crippen LogP contribution in [0.1, 0.15) is 30.5 Å². The number of carbonyl (C=O) groups excluding carboxylic acids is 1. The molecule has 0 saturated carbocycles. The summed E-state index contributed by atoms with van der Waals surface area (Å²) in [6.07, 6.45) is 0.518. The minimum atomic E-state index is -0.376. The molecule has 3 nitrogen and oxygen atoms in total. The molecule has 2 aromatic rings. The summed E-state index contributed by atoms with van der Waals surface area (Å²) in [4.78, 5) is 11.8. The summed E-state index contributed by atoms with van der Waals surface area (Å²) in [5, 5.41) is 5.77. The quantitative estimate of drug-likeness (QED) is 0.829. The summed E-state index contributed by atoms with van der Waals surface area (Å²) in [5.41, 5.74) is 2.27. The van der Waals surface area contributed by atoms with Gasteiger partial charge in [0.2, 0.25) is 5.91 Å². The number of benzene rings is 2. The minimum absolute atomic E-state index is 0.186. The lowest BCUT2D eigenvalue weighted by Gasteiger charge is -2.20. The number of hydrogen-bond acceptors (Lipinski definition) is 2. The van der Waals surface area contributed by atoms with E-state index < -0.39 is 0 Å². The molecular formula is C17H15FN2O. The van der Waals surface area contributed by atoms with E-state index in [9.17, 15) is 9.18 Å². The fourth-order valence-corrected chi connectivity index (χ4v) is 2.59. The van der Waals surface area contributed by atoms with E-state index in [4.69, 9.17) is 0 Å². The molecular weight excluding hydrogens is 267 g/mol. The van der Waals surface area contributed by atoms with E-state index in [1.807, 2.05) is 30.3 Å². The van der Waals surface area contributed by atoms with Gasteiger partial charge in [-0.25, -0.2) is 9.40 Å². The second kappa shape index (κ2) is 5.48. The number of carbonyl (C=O) groups is 1. The lowest BCUT2D eigenvalue weighted by molar-refractivity contribution is -0.130. The van der Waals surface area contributed by atoms with Gasteiger partial charge in [0.15, 0.2) is 0 Å². The summed E-state index contributed by atoms with van der Waals surface area (Å²) >= 11 is 0. The first kappa shape index (κ1) is 13.5. The molecule has 21 heavy (non-hydrogen) atoms. The van der Waals surface area contributed by atoms with Crippen molar-refractivity contribution in [3.05, 3.63) is 71.5 Å². The topological polar surface area (TPSA) is 32.7 Å². The van der Waals surface area contributed by atoms with Crippen LogP contribution in [0.4, 0.5) is 4.39 Å². The molecule has 0 radical (unpaired) electrons. The third-order valence-corrected chi connectivity index (χ3v) is 3.60. The smallest absolute Gasteiger partial charge is 0.240 e. The molecule has 3 rings (SSSR count). The Bertz CT molecular complexity index is 697. The van der Waals surface area contributed by atoms with Gasteiger partial charge in [-0.1, -0.05) is 48.5 Å². The molecule has 1 atom stereocenters. The second-order valence-electron chi connectivity index (χ2n) is 5.02. The van der Waals surface area contributed by atoms with Crippen LogP contribution >= 0.6 is 0 Å². The van der Waals surface area contributed by atoms with Gasteiger partial charge in [0.1, 0.15) is 5.82 Å². The number of hydrogen-bond donors (Lipinski definition) is 0. The number of amides is 1. The SMILES string of the molecule is CC(=O)N1N=C(c2ccccc2)CC1c1ccccc1F. The van der Waals surface area contributed by atoms with Crippen molar-refractivity contribution in [3.63, 3.8) is 0 Å². The van der Waals surface area contributed by atoms with Crippen LogP contribution in [-0.2, 0) is 4.79 Å². The largest absolute Gasteiger partial charge is 0.273 e. The Hall–Kier alpha value is -2.49. The Morgan fingerprint density at radius 1 is 1.14 bits per heavy atom. The molecule has 1 heterocycles. The van der Waals surface area contributed by atoms with Gasteiger partial charge in [0.05, 0.1) is 11.8 Å². The zero-order valence-electron chi connectivity index (χ0n) is 11.7. The Morgan fingerprint density at radius 2 is 1.81 bits per heavy atom. The summed E-state index contributed by atoms with van der Waals surface area (Å²) in [7, 11) is 0. The molecule has 0 aromatic heterocycles. The van der Waals surface area contributed by atoms with Crippen molar-refractivity contribution >= 4 is 11.6 Å². The van der Waals surface area contributed by atoms with Crippen LogP contribution in [0.5, 0.6) is 0 Å². The molecule has 0 fully saturated rings. The first-order valence-electron chi connectivity index (χ1n) is 6.84. The van der Waals surface area contributed by atoms with E-state index >= 15 is 0 Å². The van der Waals surface area contributed by atoms with Crippen molar-refractivity contribution in [2.24, 2.45) is 5.10 Å². The van der Waals surface area contributed by atoms with E-state index in [-0.39, 0.29) is 17.8 Å². The first-order chi connectivity index (χ1) is 10.2. The molecule has 106 valence electrons. The van der Waals surface area contributed by atoms with Gasteiger partial charge in [-0.05, 0) is 11.6 Å². The van der Waals surface area contributed by atoms with Gasteiger partial charge in [-0.3, -0.25) is 4.79 Å². The average molecular weight is 282 g/mol. The van der Waals surface area contributed by atoms with Crippen LogP contribution in [-0.4, -0.2) is 16.6 Å². The second-order valence-corrected chi connectivity index (χ2v) is 5.02. The summed E-state index contributed by atoms with van der Waals surface area (Å²) in [6, 6.07) is 15.8. The van der Waals surface area contributed by atoms with Gasteiger partial charge in [-0.2, -0.15) is 5.10 Å². The number of rotatable bonds is 2. The highest BCUT2D eigenvalue weighted by atomic mass is 19.1. The van der Waals surface area contributed by atoms with Crippen LogP contribution in [0.2, 0.25) is 0 Å². The predicted octanol–water partition coefficient (Wildman–Crippen LogP) is 3.52. The maximum Gasteiger partial charge on any atom is 0.240 e. The van der Waals surface area contributed by atoms with Gasteiger partial charge < -0.3 is 0 Å². The monoisotopic (exact) mass is 282 g/mol. The lowest BCUT2D eigenvalue weighted by Crippen LogP contribution is -2.25. The predicted molar refractivity (Wildman–Crippen MR) is 79.3 cm³/mol. The molecule has 0 bridgehead atoms. The number of halogens is 1. The molecule has 0 spiro atoms. The standard InChI is InChI=1S/C17H15FN2O/c1-12(21)20-17(14-9-5-6-10-15(14)18)11-16(19-20)13-7-3-2-4-8-13/h2-10,17H,11H2,1H3. The van der Waals surface area contributed by atoms with Crippen LogP contribution < -0.4 is 0 Å². The molecule has 1 aliphatic heterocycles. The highest BCUT2D eigenvalue weighted by Crippen LogP contribution is 2.33. The van der Waals surface area contributed by atoms with E-state index in [1.54, 1.807) is 18.2 Å². The molecule has 1 unspecified atom stereocenters. The van der Waals surface area contributed by atoms with Crippen molar-refractivity contribution in [1.29, 1.82) is 0 Å². The normalized spacial score (nSPS) is 17.7. The summed E-state index contributed by atoms with van der Waals surface area (Å²) in [5.74, 6) is -0.493. The van der Waals surface area contributed by atoms with E-state index in [2.05, 4.69) is 5.10 Å². The molecule has 4 heteroatoms. The Labute approximate surface area is 122 Å². The van der Waals surface area contributed by atoms with Crippen LogP contribution in [0.3, 0.4) is 0 Å². The van der Waals surface area contributed by atoms with Crippen LogP contribution in [0, 0.1) is 5.82 Å². The van der Waals surface area contributed by atoms with E-state index in [0.29, 0.717) is 12.0 Å². The third-order valence-electron chi connectivity index (χ3n) is 3.60. The van der Waals surface area contributed by atoms with Crippen molar-refractivity contribution in [3.8, 4) is 0 Å². The lowest BCUT2D eigenvalue weighted by atomic mass is 9.98. The van der Waals surface area contributed by atoms with Crippen LogP contribution in [0.15, 0.2) is 59.7 Å². The summed E-state index contributed by atoms with van der Waals surface area (Å²) < 4.78 is 14.0. The molecule has 1 aliphatic rings. The zero-order chi connectivity index (χ0) is 14.8. The van der Waals surface area contributed by atoms with Gasteiger partial charge >= 0.3 is 0 Å². The van der Waals surface area contributed by atoms with Gasteiger partial charge in [-0.15, -0.1) is 0 Å². The van der Waals surface area contributed by atoms with Gasteiger partial charge in [0, 0.05) is 18.9 Å². The average Bonchev–Trinajstić information content (AvgIpc) is 2.94. The Morgan fingerprint density at radius 3 is 2.48 bits per heavy atom. The Balaban J connectivity index is 1.98. The maximum absolute atomic E-state index is 14.0. The molecule has 0 saturated heterocycles. The number of nitrogens with zero attached hydrogens (tertiary/aromatic N) is 2. The van der Waals surface area contributed by atoms with E-state index in [1.165, 1.54) is 18.0 Å². The van der Waals surface area contributed by atoms with Crippen molar-refractivity contribution < 1.29 is 9.18 Å². The zero-order valence-corrected chi connectivity index (χ0v) is 11.7. The number of hydrazone groups is 1. The van der Waals surface area contributed by atoms with Crippen molar-refractivity contribution in [2.75, 3.05) is 0 Å². The van der Waals surface area contributed by atoms with Crippen molar-refractivity contribution in [2.45, 2.75) is 19.4 Å². The summed E-state index contributed by atoms with van der Waals surface area (Å²) in [6.45, 7) is 1.45. The molecule has 1 amide bonds. The maximum atomic E-state index is 14.0. The fraction of sp³-hybridized carbons (Fsp3) is 0.176. The highest BCUT2D eigenvalue weighted by molar-refractivity contribution is 6.03. The Kier molecular flexibility index (Phi) is 3.52. The van der Waals surface area contributed by atoms with Crippen molar-refractivity contribution in [1.82, 2.24) is 5.01 Å². The molecule has 0 N–H and O–H groups in total.